The highest BCUT2D eigenvalue weighted by Gasteiger charge is 2.32. The van der Waals surface area contributed by atoms with E-state index in [0.717, 1.165) is 33.1 Å². The van der Waals surface area contributed by atoms with E-state index in [1.54, 1.807) is 19.1 Å². The van der Waals surface area contributed by atoms with E-state index in [4.69, 9.17) is 0 Å². The topological polar surface area (TPSA) is 86.8 Å². The molecule has 0 aliphatic carbocycles. The van der Waals surface area contributed by atoms with Crippen LogP contribution in [0.3, 0.4) is 0 Å². The molecule has 0 radical (unpaired) electrons. The molecule has 7 nitrogen and oxygen atoms in total. The van der Waals surface area contributed by atoms with Crippen molar-refractivity contribution >= 4 is 27.5 Å². The van der Waals surface area contributed by atoms with E-state index in [-0.39, 0.29) is 29.0 Å². The molecule has 1 atom stereocenters. The molecule has 0 spiro atoms. The molecule has 39 heavy (non-hydrogen) atoms. The third-order valence-corrected chi connectivity index (χ3v) is 8.12. The lowest BCUT2D eigenvalue weighted by Crippen LogP contribution is -2.51. The Morgan fingerprint density at radius 2 is 1.38 bits per heavy atom. The molecule has 9 heteroatoms. The molecule has 208 valence electrons. The Hall–Kier alpha value is -3.72. The number of aryl methyl sites for hydroxylation is 2. The van der Waals surface area contributed by atoms with Crippen molar-refractivity contribution in [2.24, 2.45) is 5.92 Å². The fourth-order valence-electron chi connectivity index (χ4n) is 3.90. The van der Waals surface area contributed by atoms with E-state index in [1.165, 1.54) is 29.2 Å². The minimum Gasteiger partial charge on any atom is -0.354 e. The van der Waals surface area contributed by atoms with Crippen LogP contribution in [0.4, 0.5) is 10.1 Å². The van der Waals surface area contributed by atoms with Crippen LogP contribution in [0.1, 0.15) is 37.5 Å². The van der Waals surface area contributed by atoms with Gasteiger partial charge in [0.15, 0.2) is 0 Å². The van der Waals surface area contributed by atoms with Gasteiger partial charge < -0.3 is 10.2 Å². The zero-order valence-corrected chi connectivity index (χ0v) is 23.8. The smallest absolute Gasteiger partial charge is 0.264 e. The summed E-state index contributed by atoms with van der Waals surface area (Å²) in [5.41, 5.74) is 2.86. The molecule has 3 aromatic carbocycles. The summed E-state index contributed by atoms with van der Waals surface area (Å²) in [6, 6.07) is 17.9. The Morgan fingerprint density at radius 1 is 0.846 bits per heavy atom. The van der Waals surface area contributed by atoms with Gasteiger partial charge in [0.1, 0.15) is 18.4 Å². The van der Waals surface area contributed by atoms with Gasteiger partial charge in [0, 0.05) is 13.1 Å². The second kappa shape index (κ2) is 12.9. The first-order valence-electron chi connectivity index (χ1n) is 12.9. The van der Waals surface area contributed by atoms with Gasteiger partial charge in [-0.15, -0.1) is 0 Å². The van der Waals surface area contributed by atoms with Crippen LogP contribution in [0.25, 0.3) is 0 Å². The summed E-state index contributed by atoms with van der Waals surface area (Å²) >= 11 is 0. The predicted octanol–water partition coefficient (Wildman–Crippen LogP) is 4.83. The zero-order valence-electron chi connectivity index (χ0n) is 23.0. The van der Waals surface area contributed by atoms with Crippen molar-refractivity contribution < 1.29 is 22.4 Å². The zero-order chi connectivity index (χ0) is 28.7. The van der Waals surface area contributed by atoms with Crippen LogP contribution < -0.4 is 9.62 Å². The predicted molar refractivity (Wildman–Crippen MR) is 151 cm³/mol. The normalized spacial score (nSPS) is 12.2. The Kier molecular flexibility index (Phi) is 9.86. The Morgan fingerprint density at radius 3 is 1.92 bits per heavy atom. The van der Waals surface area contributed by atoms with E-state index in [9.17, 15) is 22.4 Å². The van der Waals surface area contributed by atoms with Crippen LogP contribution in [0.15, 0.2) is 77.7 Å². The van der Waals surface area contributed by atoms with Gasteiger partial charge in [-0.25, -0.2) is 12.8 Å². The number of carbonyl (C=O) groups is 2. The lowest BCUT2D eigenvalue weighted by molar-refractivity contribution is -0.139. The molecule has 0 aliphatic heterocycles. The Bertz CT molecular complexity index is 1370. The molecule has 0 heterocycles. The average Bonchev–Trinajstić information content (AvgIpc) is 2.90. The standard InChI is InChI=1S/C30H36FN3O4S/c1-21(2)18-32-30(36)24(5)33(19-25-10-6-22(3)7-11-25)29(35)20-34(27-14-12-26(31)13-15-27)39(37,38)28-16-8-23(4)9-17-28/h6-17,21,24H,18-20H2,1-5H3,(H,32,36)/t24-/m1/s1. The van der Waals surface area contributed by atoms with Crippen LogP contribution in [-0.4, -0.2) is 44.3 Å². The van der Waals surface area contributed by atoms with Crippen molar-refractivity contribution in [1.82, 2.24) is 10.2 Å². The molecular weight excluding hydrogens is 517 g/mol. The van der Waals surface area contributed by atoms with Gasteiger partial charge in [0.05, 0.1) is 10.6 Å². The molecule has 3 rings (SSSR count). The van der Waals surface area contributed by atoms with Crippen molar-refractivity contribution in [3.8, 4) is 0 Å². The first-order valence-corrected chi connectivity index (χ1v) is 14.3. The van der Waals surface area contributed by atoms with Crippen LogP contribution in [-0.2, 0) is 26.2 Å². The summed E-state index contributed by atoms with van der Waals surface area (Å²) in [6.45, 7) is 9.33. The van der Waals surface area contributed by atoms with Crippen LogP contribution in [0.2, 0.25) is 0 Å². The third-order valence-electron chi connectivity index (χ3n) is 6.33. The number of amides is 2. The third kappa shape index (κ3) is 7.89. The molecule has 0 fully saturated rings. The van der Waals surface area contributed by atoms with Gasteiger partial charge in [-0.2, -0.15) is 0 Å². The number of benzene rings is 3. The number of anilines is 1. The maximum Gasteiger partial charge on any atom is 0.264 e. The maximum absolute atomic E-state index is 13.8. The molecule has 1 N–H and O–H groups in total. The molecule has 3 aromatic rings. The molecular formula is C30H36FN3O4S. The van der Waals surface area contributed by atoms with Gasteiger partial charge in [-0.05, 0) is 68.7 Å². The number of sulfonamides is 1. The van der Waals surface area contributed by atoms with Gasteiger partial charge in [0.25, 0.3) is 10.0 Å². The van der Waals surface area contributed by atoms with Gasteiger partial charge in [-0.3, -0.25) is 13.9 Å². The molecule has 0 bridgehead atoms. The van der Waals surface area contributed by atoms with Gasteiger partial charge in [-0.1, -0.05) is 61.4 Å². The summed E-state index contributed by atoms with van der Waals surface area (Å²) < 4.78 is 42.2. The van der Waals surface area contributed by atoms with E-state index in [2.05, 4.69) is 5.32 Å². The van der Waals surface area contributed by atoms with Crippen LogP contribution >= 0.6 is 0 Å². The largest absolute Gasteiger partial charge is 0.354 e. The molecule has 0 aromatic heterocycles. The van der Waals surface area contributed by atoms with E-state index in [0.29, 0.717) is 6.54 Å². The van der Waals surface area contributed by atoms with Crippen molar-refractivity contribution in [2.75, 3.05) is 17.4 Å². The lowest BCUT2D eigenvalue weighted by atomic mass is 10.1. The first kappa shape index (κ1) is 29.8. The fraction of sp³-hybridized carbons (Fsp3) is 0.333. The number of halogens is 1. The number of nitrogens with one attached hydrogen (secondary N) is 1. The average molecular weight is 554 g/mol. The quantitative estimate of drug-likeness (QED) is 0.369. The highest BCUT2D eigenvalue weighted by Crippen LogP contribution is 2.25. The first-order chi connectivity index (χ1) is 18.4. The monoisotopic (exact) mass is 553 g/mol. The second-order valence-corrected chi connectivity index (χ2v) is 12.0. The number of hydrogen-bond donors (Lipinski definition) is 1. The van der Waals surface area contributed by atoms with Crippen molar-refractivity contribution in [2.45, 2.75) is 52.1 Å². The minimum atomic E-state index is -4.20. The number of rotatable bonds is 11. The molecule has 0 saturated heterocycles. The van der Waals surface area contributed by atoms with Gasteiger partial charge >= 0.3 is 0 Å². The van der Waals surface area contributed by atoms with E-state index < -0.39 is 34.3 Å². The molecule has 2 amide bonds. The van der Waals surface area contributed by atoms with E-state index >= 15 is 0 Å². The van der Waals surface area contributed by atoms with Crippen molar-refractivity contribution in [3.05, 3.63) is 95.3 Å². The molecule has 0 saturated carbocycles. The summed E-state index contributed by atoms with van der Waals surface area (Å²) in [6.07, 6.45) is 0. The van der Waals surface area contributed by atoms with Crippen LogP contribution in [0, 0.1) is 25.6 Å². The lowest BCUT2D eigenvalue weighted by Gasteiger charge is -2.32. The highest BCUT2D eigenvalue weighted by atomic mass is 32.2. The highest BCUT2D eigenvalue weighted by molar-refractivity contribution is 7.92. The summed E-state index contributed by atoms with van der Waals surface area (Å²) in [7, 11) is -4.20. The molecule has 0 unspecified atom stereocenters. The Balaban J connectivity index is 2.00. The number of hydrogen-bond acceptors (Lipinski definition) is 4. The van der Waals surface area contributed by atoms with Crippen LogP contribution in [0.5, 0.6) is 0 Å². The number of carbonyl (C=O) groups excluding carboxylic acids is 2. The van der Waals surface area contributed by atoms with E-state index in [1.807, 2.05) is 52.0 Å². The SMILES string of the molecule is Cc1ccc(CN(C(=O)CN(c2ccc(F)cc2)S(=O)(=O)c2ccc(C)cc2)[C@H](C)C(=O)NCC(C)C)cc1. The Labute approximate surface area is 230 Å². The summed E-state index contributed by atoms with van der Waals surface area (Å²) in [4.78, 5) is 28.2. The molecule has 0 aliphatic rings. The summed E-state index contributed by atoms with van der Waals surface area (Å²) in [5, 5.41) is 2.86. The van der Waals surface area contributed by atoms with Crippen molar-refractivity contribution in [1.29, 1.82) is 0 Å². The minimum absolute atomic E-state index is 0.00182. The summed E-state index contributed by atoms with van der Waals surface area (Å²) in [5.74, 6) is -1.22. The number of nitrogens with zero attached hydrogens (tertiary/aromatic N) is 2. The fourth-order valence-corrected chi connectivity index (χ4v) is 5.31. The second-order valence-electron chi connectivity index (χ2n) is 10.1. The maximum atomic E-state index is 13.8. The van der Waals surface area contributed by atoms with Crippen molar-refractivity contribution in [3.63, 3.8) is 0 Å². The van der Waals surface area contributed by atoms with Gasteiger partial charge in [0.2, 0.25) is 11.8 Å².